The van der Waals surface area contributed by atoms with E-state index in [0.717, 1.165) is 12.1 Å². The summed E-state index contributed by atoms with van der Waals surface area (Å²) in [5.74, 6) is -0.225. The first-order valence-electron chi connectivity index (χ1n) is 6.41. The van der Waals surface area contributed by atoms with Gasteiger partial charge >= 0.3 is 6.18 Å². The summed E-state index contributed by atoms with van der Waals surface area (Å²) < 4.78 is 37.6. The second-order valence-corrected chi connectivity index (χ2v) is 4.79. The normalized spacial score (nSPS) is 11.3. The number of alkyl halides is 3. The number of aromatic nitrogens is 1. The predicted molar refractivity (Wildman–Crippen MR) is 76.3 cm³/mol. The molecule has 2 rings (SSSR count). The first-order chi connectivity index (χ1) is 10.3. The van der Waals surface area contributed by atoms with E-state index in [1.165, 1.54) is 18.3 Å². The molecule has 0 radical (unpaired) electrons. The quantitative estimate of drug-likeness (QED) is 0.945. The molecule has 1 amide bonds. The number of benzene rings is 1. The fourth-order valence-electron chi connectivity index (χ4n) is 2.04. The fraction of sp³-hybridized carbons (Fsp3) is 0.200. The molecule has 0 bridgehead atoms. The number of primary amides is 1. The van der Waals surface area contributed by atoms with Crippen molar-refractivity contribution in [3.8, 4) is 0 Å². The van der Waals surface area contributed by atoms with Crippen LogP contribution in [0.5, 0.6) is 0 Å². The molecule has 116 valence electrons. The number of carbonyl (C=O) groups excluding carboxylic acids is 1. The summed E-state index contributed by atoms with van der Waals surface area (Å²) in [7, 11) is 1.69. The maximum atomic E-state index is 12.5. The molecule has 1 aromatic carbocycles. The van der Waals surface area contributed by atoms with Crippen molar-refractivity contribution < 1.29 is 18.0 Å². The molecule has 1 heterocycles. The number of amides is 1. The molecule has 2 aromatic rings. The number of nitrogens with zero attached hydrogens (tertiary/aromatic N) is 2. The first kappa shape index (κ1) is 15.8. The van der Waals surface area contributed by atoms with E-state index in [2.05, 4.69) is 4.98 Å². The molecular weight excluding hydrogens is 295 g/mol. The van der Waals surface area contributed by atoms with Gasteiger partial charge in [-0.15, -0.1) is 0 Å². The van der Waals surface area contributed by atoms with Gasteiger partial charge in [-0.1, -0.05) is 12.1 Å². The molecule has 0 unspecified atom stereocenters. The lowest BCUT2D eigenvalue weighted by Crippen LogP contribution is -2.23. The number of nitrogens with two attached hydrogens (primary N) is 1. The maximum Gasteiger partial charge on any atom is 0.416 e. The number of carbonyl (C=O) groups is 1. The van der Waals surface area contributed by atoms with E-state index in [0.29, 0.717) is 17.9 Å². The van der Waals surface area contributed by atoms with Crippen molar-refractivity contribution >= 4 is 11.7 Å². The second-order valence-electron chi connectivity index (χ2n) is 4.79. The molecule has 7 heteroatoms. The van der Waals surface area contributed by atoms with Crippen LogP contribution in [-0.4, -0.2) is 17.9 Å². The second kappa shape index (κ2) is 6.05. The van der Waals surface area contributed by atoms with Crippen molar-refractivity contribution in [3.05, 3.63) is 59.3 Å². The third kappa shape index (κ3) is 3.55. The van der Waals surface area contributed by atoms with E-state index in [4.69, 9.17) is 5.73 Å². The smallest absolute Gasteiger partial charge is 0.365 e. The molecule has 0 aliphatic carbocycles. The largest absolute Gasteiger partial charge is 0.416 e. The monoisotopic (exact) mass is 309 g/mol. The van der Waals surface area contributed by atoms with Crippen LogP contribution in [0.2, 0.25) is 0 Å². The van der Waals surface area contributed by atoms with Crippen LogP contribution in [0.4, 0.5) is 19.0 Å². The van der Waals surface area contributed by atoms with Gasteiger partial charge in [0.05, 0.1) is 11.1 Å². The van der Waals surface area contributed by atoms with Crippen molar-refractivity contribution in [2.45, 2.75) is 12.7 Å². The van der Waals surface area contributed by atoms with E-state index in [9.17, 15) is 18.0 Å². The maximum absolute atomic E-state index is 12.5. The number of rotatable bonds is 4. The van der Waals surface area contributed by atoms with Crippen molar-refractivity contribution in [1.82, 2.24) is 4.98 Å². The van der Waals surface area contributed by atoms with Gasteiger partial charge in [0.2, 0.25) is 0 Å². The number of anilines is 1. The Bertz CT molecular complexity index is 668. The lowest BCUT2D eigenvalue weighted by Gasteiger charge is -2.20. The minimum Gasteiger partial charge on any atom is -0.365 e. The van der Waals surface area contributed by atoms with Crippen molar-refractivity contribution in [3.63, 3.8) is 0 Å². The zero-order valence-electron chi connectivity index (χ0n) is 11.8. The van der Waals surface area contributed by atoms with Gasteiger partial charge in [0.15, 0.2) is 0 Å². The fourth-order valence-corrected chi connectivity index (χ4v) is 2.04. The Morgan fingerprint density at radius 1 is 1.23 bits per heavy atom. The zero-order chi connectivity index (χ0) is 16.3. The van der Waals surface area contributed by atoms with Gasteiger partial charge in [-0.3, -0.25) is 4.79 Å². The van der Waals surface area contributed by atoms with Gasteiger partial charge in [0.25, 0.3) is 5.91 Å². The Hall–Kier alpha value is -2.57. The molecule has 0 aliphatic heterocycles. The van der Waals surface area contributed by atoms with Crippen LogP contribution < -0.4 is 10.6 Å². The Labute approximate surface area is 125 Å². The minimum absolute atomic E-state index is 0.261. The first-order valence-corrected chi connectivity index (χ1v) is 6.41. The summed E-state index contributed by atoms with van der Waals surface area (Å²) >= 11 is 0. The molecule has 22 heavy (non-hydrogen) atoms. The lowest BCUT2D eigenvalue weighted by atomic mass is 10.1. The van der Waals surface area contributed by atoms with E-state index in [1.54, 1.807) is 24.1 Å². The Morgan fingerprint density at radius 2 is 1.86 bits per heavy atom. The average molecular weight is 309 g/mol. The van der Waals surface area contributed by atoms with Crippen LogP contribution in [0.1, 0.15) is 21.5 Å². The molecule has 0 fully saturated rings. The highest BCUT2D eigenvalue weighted by atomic mass is 19.4. The van der Waals surface area contributed by atoms with Crippen molar-refractivity contribution in [2.75, 3.05) is 11.9 Å². The van der Waals surface area contributed by atoms with Crippen LogP contribution >= 0.6 is 0 Å². The third-order valence-corrected chi connectivity index (χ3v) is 3.11. The molecule has 0 spiro atoms. The molecule has 0 saturated heterocycles. The summed E-state index contributed by atoms with van der Waals surface area (Å²) in [5.41, 5.74) is 5.51. The molecule has 0 aliphatic rings. The van der Waals surface area contributed by atoms with Crippen LogP contribution in [0.3, 0.4) is 0 Å². The Morgan fingerprint density at radius 3 is 2.41 bits per heavy atom. The highest BCUT2D eigenvalue weighted by molar-refractivity contribution is 5.97. The summed E-state index contributed by atoms with van der Waals surface area (Å²) in [6, 6.07) is 7.98. The van der Waals surface area contributed by atoms with Gasteiger partial charge in [0, 0.05) is 19.8 Å². The Kier molecular flexibility index (Phi) is 4.35. The number of halogens is 3. The number of hydrogen-bond donors (Lipinski definition) is 1. The van der Waals surface area contributed by atoms with Gasteiger partial charge in [-0.25, -0.2) is 4.98 Å². The van der Waals surface area contributed by atoms with Crippen molar-refractivity contribution in [1.29, 1.82) is 0 Å². The van der Waals surface area contributed by atoms with E-state index in [-0.39, 0.29) is 5.56 Å². The van der Waals surface area contributed by atoms with Crippen LogP contribution in [-0.2, 0) is 12.7 Å². The van der Waals surface area contributed by atoms with E-state index < -0.39 is 17.6 Å². The van der Waals surface area contributed by atoms with Crippen LogP contribution in [0.25, 0.3) is 0 Å². The summed E-state index contributed by atoms with van der Waals surface area (Å²) in [5, 5.41) is 0. The van der Waals surface area contributed by atoms with E-state index >= 15 is 0 Å². The summed E-state index contributed by atoms with van der Waals surface area (Å²) in [6.07, 6.45) is -2.84. The van der Waals surface area contributed by atoms with Crippen LogP contribution in [0.15, 0.2) is 42.6 Å². The topological polar surface area (TPSA) is 59.2 Å². The number of pyridine rings is 1. The highest BCUT2D eigenvalue weighted by Crippen LogP contribution is 2.29. The van der Waals surface area contributed by atoms with Crippen LogP contribution in [0, 0.1) is 0 Å². The molecule has 1 aromatic heterocycles. The van der Waals surface area contributed by atoms with Gasteiger partial charge in [-0.05, 0) is 29.8 Å². The summed E-state index contributed by atoms with van der Waals surface area (Å²) in [6.45, 7) is 0.301. The number of hydrogen-bond acceptors (Lipinski definition) is 3. The molecular formula is C15H14F3N3O. The standard InChI is InChI=1S/C15H14F3N3O/c1-21(14-12(13(19)22)3-2-8-20-14)9-10-4-6-11(7-5-10)15(16,17)18/h2-8H,9H2,1H3,(H2,19,22). The highest BCUT2D eigenvalue weighted by Gasteiger charge is 2.29. The Balaban J connectivity index is 2.19. The zero-order valence-corrected chi connectivity index (χ0v) is 11.8. The molecule has 0 saturated carbocycles. The van der Waals surface area contributed by atoms with E-state index in [1.807, 2.05) is 0 Å². The average Bonchev–Trinajstić information content (AvgIpc) is 2.46. The SMILES string of the molecule is CN(Cc1ccc(C(F)(F)F)cc1)c1ncccc1C(N)=O. The van der Waals surface area contributed by atoms with Gasteiger partial charge in [0.1, 0.15) is 5.82 Å². The van der Waals surface area contributed by atoms with Gasteiger partial charge in [-0.2, -0.15) is 13.2 Å². The predicted octanol–water partition coefficient (Wildman–Crippen LogP) is 2.84. The third-order valence-electron chi connectivity index (χ3n) is 3.11. The van der Waals surface area contributed by atoms with Gasteiger partial charge < -0.3 is 10.6 Å². The molecule has 0 atom stereocenters. The molecule has 4 nitrogen and oxygen atoms in total. The lowest BCUT2D eigenvalue weighted by molar-refractivity contribution is -0.137. The summed E-state index contributed by atoms with van der Waals surface area (Å²) in [4.78, 5) is 17.1. The van der Waals surface area contributed by atoms with Crippen molar-refractivity contribution in [2.24, 2.45) is 5.73 Å². The minimum atomic E-state index is -4.36. The molecule has 2 N–H and O–H groups in total.